The quantitative estimate of drug-likeness (QED) is 0.637. The zero-order chi connectivity index (χ0) is 21.3. The van der Waals surface area contributed by atoms with Crippen molar-refractivity contribution in [2.45, 2.75) is 36.9 Å². The van der Waals surface area contributed by atoms with Crippen molar-refractivity contribution in [1.82, 2.24) is 14.3 Å². The van der Waals surface area contributed by atoms with Crippen LogP contribution in [0.4, 0.5) is 0 Å². The average molecular weight is 428 g/mol. The van der Waals surface area contributed by atoms with Crippen molar-refractivity contribution in [1.29, 1.82) is 0 Å². The third-order valence-corrected chi connectivity index (χ3v) is 6.52. The van der Waals surface area contributed by atoms with E-state index in [0.717, 1.165) is 43.3 Å². The van der Waals surface area contributed by atoms with Crippen molar-refractivity contribution in [3.8, 4) is 5.75 Å². The van der Waals surface area contributed by atoms with Crippen molar-refractivity contribution < 1.29 is 17.9 Å². The Kier molecular flexibility index (Phi) is 5.51. The summed E-state index contributed by atoms with van der Waals surface area (Å²) in [5, 5.41) is -0.114. The minimum Gasteiger partial charge on any atom is -0.497 e. The van der Waals surface area contributed by atoms with Gasteiger partial charge in [0.25, 0.3) is 5.91 Å². The molecule has 1 aliphatic heterocycles. The molecule has 0 N–H and O–H groups in total. The molecule has 30 heavy (non-hydrogen) atoms. The summed E-state index contributed by atoms with van der Waals surface area (Å²) in [6.45, 7) is 0.607. The van der Waals surface area contributed by atoms with E-state index in [1.54, 1.807) is 31.5 Å². The largest absolute Gasteiger partial charge is 0.497 e. The second-order valence-electron chi connectivity index (χ2n) is 7.61. The maximum absolute atomic E-state index is 13.6. The van der Waals surface area contributed by atoms with Gasteiger partial charge in [0.05, 0.1) is 18.7 Å². The van der Waals surface area contributed by atoms with Crippen molar-refractivity contribution in [2.24, 2.45) is 0 Å². The summed E-state index contributed by atoms with van der Waals surface area (Å²) in [5.41, 5.74) is 1.72. The molecule has 8 heteroatoms. The minimum atomic E-state index is -3.59. The number of amides is 1. The van der Waals surface area contributed by atoms with E-state index in [1.165, 1.54) is 4.40 Å². The van der Waals surface area contributed by atoms with E-state index in [9.17, 15) is 13.2 Å². The number of hydrogen-bond acceptors (Lipinski definition) is 5. The standard InChI is InChI=1S/C22H25N3O4S/c1-29-17-12-10-16(11-13-17)18-8-4-3-6-14-24(18)21(26)20-19-9-5-7-15-25(19)22(23-20)30(2,27)28/h5,7,9-13,15,18H,3-4,6,8,14H2,1-2H3. The Morgan fingerprint density at radius 2 is 1.87 bits per heavy atom. The number of ether oxygens (including phenoxy) is 1. The van der Waals surface area contributed by atoms with Gasteiger partial charge < -0.3 is 9.64 Å². The highest BCUT2D eigenvalue weighted by atomic mass is 32.2. The number of sulfone groups is 1. The van der Waals surface area contributed by atoms with Crippen LogP contribution in [0.1, 0.15) is 47.8 Å². The molecule has 7 nitrogen and oxygen atoms in total. The van der Waals surface area contributed by atoms with Gasteiger partial charge in [-0.3, -0.25) is 9.20 Å². The summed E-state index contributed by atoms with van der Waals surface area (Å²) in [5.74, 6) is 0.527. The molecule has 1 aliphatic rings. The molecule has 2 aromatic heterocycles. The second kappa shape index (κ2) is 8.10. The zero-order valence-corrected chi connectivity index (χ0v) is 17.9. The smallest absolute Gasteiger partial charge is 0.275 e. The zero-order valence-electron chi connectivity index (χ0n) is 17.1. The van der Waals surface area contributed by atoms with Gasteiger partial charge >= 0.3 is 0 Å². The maximum Gasteiger partial charge on any atom is 0.275 e. The molecule has 4 rings (SSSR count). The number of methoxy groups -OCH3 is 1. The fourth-order valence-electron chi connectivity index (χ4n) is 4.09. The molecule has 3 aromatic rings. The van der Waals surface area contributed by atoms with Crippen LogP contribution in [-0.2, 0) is 9.84 Å². The number of benzene rings is 1. The van der Waals surface area contributed by atoms with Crippen LogP contribution >= 0.6 is 0 Å². The van der Waals surface area contributed by atoms with E-state index in [1.807, 2.05) is 29.2 Å². The van der Waals surface area contributed by atoms with E-state index >= 15 is 0 Å². The number of likely N-dealkylation sites (tertiary alicyclic amines) is 1. The first kappa shape index (κ1) is 20.4. The predicted molar refractivity (Wildman–Crippen MR) is 114 cm³/mol. The number of rotatable bonds is 4. The third kappa shape index (κ3) is 3.79. The van der Waals surface area contributed by atoms with Crippen molar-refractivity contribution in [3.05, 3.63) is 59.9 Å². The first-order valence-electron chi connectivity index (χ1n) is 10.0. The number of carbonyl (C=O) groups excluding carboxylic acids is 1. The highest BCUT2D eigenvalue weighted by Gasteiger charge is 2.31. The third-order valence-electron chi connectivity index (χ3n) is 5.56. The number of nitrogens with zero attached hydrogens (tertiary/aromatic N) is 3. The molecule has 0 radical (unpaired) electrons. The van der Waals surface area contributed by atoms with Gasteiger partial charge in [-0.1, -0.05) is 31.0 Å². The molecule has 1 fully saturated rings. The lowest BCUT2D eigenvalue weighted by atomic mass is 10.0. The van der Waals surface area contributed by atoms with E-state index in [4.69, 9.17) is 4.74 Å². The van der Waals surface area contributed by atoms with Crippen LogP contribution in [0.3, 0.4) is 0 Å². The van der Waals surface area contributed by atoms with E-state index in [0.29, 0.717) is 12.1 Å². The lowest BCUT2D eigenvalue weighted by molar-refractivity contribution is 0.0677. The molecular formula is C22H25N3O4S. The van der Waals surface area contributed by atoms with Crippen LogP contribution in [-0.4, -0.2) is 48.5 Å². The Bertz CT molecular complexity index is 1170. The SMILES string of the molecule is COc1ccc(C2CCCCCN2C(=O)c2nc(S(C)(=O)=O)n3ccccc23)cc1. The fraction of sp³-hybridized carbons (Fsp3) is 0.364. The van der Waals surface area contributed by atoms with Crippen LogP contribution in [0.5, 0.6) is 5.75 Å². The van der Waals surface area contributed by atoms with E-state index in [2.05, 4.69) is 4.98 Å². The lowest BCUT2D eigenvalue weighted by Crippen LogP contribution is -2.35. The number of carbonyl (C=O) groups is 1. The summed E-state index contributed by atoms with van der Waals surface area (Å²) in [4.78, 5) is 19.8. The Balaban J connectivity index is 1.78. The van der Waals surface area contributed by atoms with Crippen molar-refractivity contribution in [2.75, 3.05) is 19.9 Å². The summed E-state index contributed by atoms with van der Waals surface area (Å²) < 4.78 is 31.2. The first-order valence-corrected chi connectivity index (χ1v) is 11.9. The van der Waals surface area contributed by atoms with Gasteiger partial charge in [0.15, 0.2) is 5.69 Å². The molecule has 0 bridgehead atoms. The predicted octanol–water partition coefficient (Wildman–Crippen LogP) is 3.50. The number of aromatic nitrogens is 2. The molecule has 1 atom stereocenters. The van der Waals surface area contributed by atoms with Crippen molar-refractivity contribution in [3.63, 3.8) is 0 Å². The van der Waals surface area contributed by atoms with E-state index in [-0.39, 0.29) is 22.8 Å². The molecule has 158 valence electrons. The van der Waals surface area contributed by atoms with Crippen LogP contribution in [0.15, 0.2) is 53.8 Å². The summed E-state index contributed by atoms with van der Waals surface area (Å²) in [6.07, 6.45) is 6.56. The van der Waals surface area contributed by atoms with Crippen LogP contribution < -0.4 is 4.74 Å². The first-order chi connectivity index (χ1) is 14.4. The van der Waals surface area contributed by atoms with Gasteiger partial charge in [-0.25, -0.2) is 13.4 Å². The summed E-state index contributed by atoms with van der Waals surface area (Å²) in [6, 6.07) is 12.9. The van der Waals surface area contributed by atoms with Crippen LogP contribution in [0.2, 0.25) is 0 Å². The van der Waals surface area contributed by atoms with Gasteiger partial charge in [0, 0.05) is 19.0 Å². The van der Waals surface area contributed by atoms with Gasteiger partial charge in [-0.15, -0.1) is 0 Å². The molecular weight excluding hydrogens is 402 g/mol. The molecule has 1 saturated heterocycles. The Morgan fingerprint density at radius 3 is 2.57 bits per heavy atom. The Labute approximate surface area is 176 Å². The van der Waals surface area contributed by atoms with E-state index < -0.39 is 9.84 Å². The average Bonchev–Trinajstić information content (AvgIpc) is 2.97. The number of fused-ring (bicyclic) bond motifs is 1. The van der Waals surface area contributed by atoms with Gasteiger partial charge in [0.1, 0.15) is 5.75 Å². The van der Waals surface area contributed by atoms with Gasteiger partial charge in [-0.05, 0) is 42.7 Å². The molecule has 0 spiro atoms. The summed E-state index contributed by atoms with van der Waals surface area (Å²) >= 11 is 0. The molecule has 0 aliphatic carbocycles. The summed E-state index contributed by atoms with van der Waals surface area (Å²) in [7, 11) is -1.96. The number of pyridine rings is 1. The maximum atomic E-state index is 13.6. The monoisotopic (exact) mass is 427 g/mol. The second-order valence-corrected chi connectivity index (χ2v) is 9.52. The Morgan fingerprint density at radius 1 is 1.10 bits per heavy atom. The van der Waals surface area contributed by atoms with Crippen molar-refractivity contribution >= 4 is 21.3 Å². The number of imidazole rings is 1. The van der Waals surface area contributed by atoms with Crippen LogP contribution in [0.25, 0.3) is 5.52 Å². The van der Waals surface area contributed by atoms with Gasteiger partial charge in [0.2, 0.25) is 15.0 Å². The molecule has 1 unspecified atom stereocenters. The molecule has 3 heterocycles. The normalized spacial score (nSPS) is 17.7. The Hall–Kier alpha value is -2.87. The highest BCUT2D eigenvalue weighted by Crippen LogP contribution is 2.33. The number of hydrogen-bond donors (Lipinski definition) is 0. The fourth-order valence-corrected chi connectivity index (χ4v) is 4.86. The molecule has 0 saturated carbocycles. The highest BCUT2D eigenvalue weighted by molar-refractivity contribution is 7.90. The molecule has 1 amide bonds. The molecule has 1 aromatic carbocycles. The topological polar surface area (TPSA) is 81.0 Å². The van der Waals surface area contributed by atoms with Crippen LogP contribution in [0, 0.1) is 0 Å². The minimum absolute atomic E-state index is 0.0898. The van der Waals surface area contributed by atoms with Gasteiger partial charge in [-0.2, -0.15) is 0 Å². The lowest BCUT2D eigenvalue weighted by Gasteiger charge is -2.30.